The molecule has 0 aliphatic heterocycles. The zero-order valence-corrected chi connectivity index (χ0v) is 27.2. The maximum absolute atomic E-state index is 15.1. The molecule has 1 nitrogen and oxygen atoms in total. The second kappa shape index (κ2) is 15.1. The monoisotopic (exact) mass is 563 g/mol. The van der Waals surface area contributed by atoms with Crippen molar-refractivity contribution < 1.29 is 4.39 Å². The average molecular weight is 564 g/mol. The van der Waals surface area contributed by atoms with Crippen molar-refractivity contribution in [1.82, 2.24) is 4.90 Å². The Labute approximate surface area is 255 Å². The van der Waals surface area contributed by atoms with E-state index in [1.165, 1.54) is 29.5 Å². The molecule has 1 aliphatic rings. The van der Waals surface area contributed by atoms with Crippen LogP contribution in [0, 0.1) is 37.9 Å². The molecule has 0 spiro atoms. The van der Waals surface area contributed by atoms with E-state index in [1.54, 1.807) is 6.07 Å². The van der Waals surface area contributed by atoms with E-state index in [4.69, 9.17) is 6.42 Å². The predicted molar refractivity (Wildman–Crippen MR) is 181 cm³/mol. The number of halogens is 1. The van der Waals surface area contributed by atoms with Crippen LogP contribution in [0.1, 0.15) is 101 Å². The van der Waals surface area contributed by atoms with E-state index < -0.39 is 0 Å². The first kappa shape index (κ1) is 32.9. The minimum absolute atomic E-state index is 0.164. The summed E-state index contributed by atoms with van der Waals surface area (Å²) in [5.74, 6) is 3.30. The van der Waals surface area contributed by atoms with Gasteiger partial charge in [0.2, 0.25) is 0 Å². The summed E-state index contributed by atoms with van der Waals surface area (Å²) in [6.07, 6.45) is 11.3. The third kappa shape index (κ3) is 7.43. The van der Waals surface area contributed by atoms with Crippen molar-refractivity contribution in [3.63, 3.8) is 0 Å². The van der Waals surface area contributed by atoms with Crippen LogP contribution in [-0.4, -0.2) is 10.9 Å². The Morgan fingerprint density at radius 2 is 1.55 bits per heavy atom. The molecule has 42 heavy (non-hydrogen) atoms. The zero-order chi connectivity index (χ0) is 31.0. The number of allylic oxidation sites excluding steroid dienone is 2. The number of nitrogens with zero attached hydrogens (tertiary/aromatic N) is 1. The van der Waals surface area contributed by atoms with Crippen molar-refractivity contribution in [2.45, 2.75) is 100 Å². The number of hydrogen-bond donors (Lipinski definition) is 0. The van der Waals surface area contributed by atoms with Crippen LogP contribution in [0.5, 0.6) is 0 Å². The van der Waals surface area contributed by atoms with Crippen molar-refractivity contribution in [3.05, 3.63) is 112 Å². The van der Waals surface area contributed by atoms with Crippen LogP contribution >= 0.6 is 0 Å². The van der Waals surface area contributed by atoms with E-state index in [0.29, 0.717) is 11.6 Å². The van der Waals surface area contributed by atoms with Gasteiger partial charge in [-0.05, 0) is 135 Å². The molecule has 4 rings (SSSR count). The summed E-state index contributed by atoms with van der Waals surface area (Å²) in [5, 5.41) is 0. The Morgan fingerprint density at radius 3 is 2.14 bits per heavy atom. The maximum atomic E-state index is 15.1. The Bertz CT molecular complexity index is 1440. The van der Waals surface area contributed by atoms with Crippen molar-refractivity contribution in [1.29, 1.82) is 0 Å². The second-order valence-electron chi connectivity index (χ2n) is 11.7. The van der Waals surface area contributed by atoms with Gasteiger partial charge < -0.3 is 4.90 Å². The molecule has 3 aromatic rings. The van der Waals surface area contributed by atoms with Crippen molar-refractivity contribution in [2.24, 2.45) is 5.92 Å². The molecule has 0 radical (unpaired) electrons. The van der Waals surface area contributed by atoms with Gasteiger partial charge >= 0.3 is 0 Å². The highest BCUT2D eigenvalue weighted by atomic mass is 19.1. The van der Waals surface area contributed by atoms with Gasteiger partial charge in [-0.15, -0.1) is 6.42 Å². The average Bonchev–Trinajstić information content (AvgIpc) is 3.02. The highest BCUT2D eigenvalue weighted by Crippen LogP contribution is 2.36. The largest absolute Gasteiger partial charge is 0.364 e. The molecule has 0 bridgehead atoms. The molecule has 0 unspecified atom stereocenters. The molecule has 0 amide bonds. The Morgan fingerprint density at radius 1 is 0.929 bits per heavy atom. The first-order valence-corrected chi connectivity index (χ1v) is 15.7. The van der Waals surface area contributed by atoms with Crippen molar-refractivity contribution in [2.75, 3.05) is 0 Å². The van der Waals surface area contributed by atoms with Crippen molar-refractivity contribution >= 4 is 5.57 Å². The molecular formula is C40H50FN. The lowest BCUT2D eigenvalue weighted by molar-refractivity contribution is 0.174. The highest BCUT2D eigenvalue weighted by molar-refractivity contribution is 5.73. The first-order chi connectivity index (χ1) is 20.1. The van der Waals surface area contributed by atoms with Crippen LogP contribution in [0.25, 0.3) is 16.7 Å². The summed E-state index contributed by atoms with van der Waals surface area (Å²) in [7, 11) is 0. The zero-order valence-electron chi connectivity index (χ0n) is 27.2. The maximum Gasteiger partial charge on any atom is 0.130 e. The fourth-order valence-electron chi connectivity index (χ4n) is 6.10. The molecule has 222 valence electrons. The summed E-state index contributed by atoms with van der Waals surface area (Å²) < 4.78 is 15.1. The molecular weight excluding hydrogens is 513 g/mol. The number of terminal acetylenes is 1. The van der Waals surface area contributed by atoms with Gasteiger partial charge in [-0.1, -0.05) is 70.5 Å². The van der Waals surface area contributed by atoms with Gasteiger partial charge in [0.25, 0.3) is 0 Å². The summed E-state index contributed by atoms with van der Waals surface area (Å²) in [6, 6.07) is 18.9. The minimum Gasteiger partial charge on any atom is -0.364 e. The Hall–Kier alpha value is -3.57. The second-order valence-corrected chi connectivity index (χ2v) is 11.7. The molecule has 1 fully saturated rings. The topological polar surface area (TPSA) is 3.24 Å². The summed E-state index contributed by atoms with van der Waals surface area (Å²) in [4.78, 5) is 2.52. The molecule has 3 aromatic carbocycles. The standard InChI is InChI=1S/C38H44FN.C2H6/c1-9-31-14-16-33(17-15-31)34-19-18-32(10-2)35(23-34)24-40(36-20-11-25(3)12-21-36)30(8)28(6)29(7)38-27(5)26(4)13-22-37(38)39;1-2/h1,13-19,22-23,25,36H,8,10-12,20-21,24H2,2-7H3;1-2H3/b29-28+;. The summed E-state index contributed by atoms with van der Waals surface area (Å²) in [5.41, 5.74) is 11.8. The molecule has 0 N–H and O–H groups in total. The first-order valence-electron chi connectivity index (χ1n) is 15.7. The quantitative estimate of drug-likeness (QED) is 0.195. The van der Waals surface area contributed by atoms with Crippen LogP contribution in [0.15, 0.2) is 72.4 Å². The number of rotatable bonds is 8. The lowest BCUT2D eigenvalue weighted by atomic mass is 9.85. The molecule has 0 saturated heterocycles. The number of aryl methyl sites for hydroxylation is 2. The van der Waals surface area contributed by atoms with E-state index in [-0.39, 0.29) is 5.82 Å². The van der Waals surface area contributed by atoms with Gasteiger partial charge in [-0.25, -0.2) is 4.39 Å². The molecule has 1 aliphatic carbocycles. The fraction of sp³-hybridized carbons (Fsp3) is 0.400. The predicted octanol–water partition coefficient (Wildman–Crippen LogP) is 11.1. The lowest BCUT2D eigenvalue weighted by Gasteiger charge is -2.40. The molecule has 0 heterocycles. The van der Waals surface area contributed by atoms with Crippen LogP contribution < -0.4 is 0 Å². The molecule has 1 saturated carbocycles. The van der Waals surface area contributed by atoms with E-state index in [0.717, 1.165) is 70.8 Å². The Kier molecular flexibility index (Phi) is 11.8. The SMILES string of the molecule is C#Cc1ccc(-c2ccc(CC)c(CN(C(=C)/C(C)=C(\C)c3c(F)ccc(C)c3C)C3CCC(C)CC3)c2)cc1.CC. The van der Waals surface area contributed by atoms with E-state index >= 15 is 4.39 Å². The van der Waals surface area contributed by atoms with Gasteiger partial charge in [-0.3, -0.25) is 0 Å². The third-order valence-electron chi connectivity index (χ3n) is 9.14. The van der Waals surface area contributed by atoms with Gasteiger partial charge in [0, 0.05) is 29.4 Å². The number of benzene rings is 3. The van der Waals surface area contributed by atoms with Crippen LogP contribution in [0.3, 0.4) is 0 Å². The molecule has 0 atom stereocenters. The lowest BCUT2D eigenvalue weighted by Crippen LogP contribution is -2.37. The number of hydrogen-bond acceptors (Lipinski definition) is 1. The minimum atomic E-state index is -0.164. The van der Waals surface area contributed by atoms with Gasteiger partial charge in [0.15, 0.2) is 0 Å². The summed E-state index contributed by atoms with van der Waals surface area (Å²) >= 11 is 0. The van der Waals surface area contributed by atoms with Crippen LogP contribution in [0.4, 0.5) is 4.39 Å². The molecule has 2 heteroatoms. The van der Waals surface area contributed by atoms with E-state index in [2.05, 4.69) is 68.5 Å². The smallest absolute Gasteiger partial charge is 0.130 e. The Balaban J connectivity index is 0.00000237. The van der Waals surface area contributed by atoms with Gasteiger partial charge in [0.1, 0.15) is 5.82 Å². The van der Waals surface area contributed by atoms with Crippen molar-refractivity contribution in [3.8, 4) is 23.5 Å². The van der Waals surface area contributed by atoms with Crippen LogP contribution in [-0.2, 0) is 13.0 Å². The van der Waals surface area contributed by atoms with Crippen LogP contribution in [0.2, 0.25) is 0 Å². The highest BCUT2D eigenvalue weighted by Gasteiger charge is 2.27. The van der Waals surface area contributed by atoms with E-state index in [1.807, 2.05) is 52.8 Å². The van der Waals surface area contributed by atoms with E-state index in [9.17, 15) is 0 Å². The normalized spacial score (nSPS) is 17.0. The van der Waals surface area contributed by atoms with Gasteiger partial charge in [-0.2, -0.15) is 0 Å². The third-order valence-corrected chi connectivity index (χ3v) is 9.14. The summed E-state index contributed by atoms with van der Waals surface area (Å²) in [6.45, 7) is 22.2. The fourth-order valence-corrected chi connectivity index (χ4v) is 6.10. The molecule has 0 aromatic heterocycles. The van der Waals surface area contributed by atoms with Gasteiger partial charge in [0.05, 0.1) is 0 Å².